The summed E-state index contributed by atoms with van der Waals surface area (Å²) in [7, 11) is 0. The summed E-state index contributed by atoms with van der Waals surface area (Å²) < 4.78 is 5.59. The lowest BCUT2D eigenvalue weighted by atomic mass is 9.96. The van der Waals surface area contributed by atoms with Gasteiger partial charge in [-0.1, -0.05) is 23.7 Å². The fourth-order valence-corrected chi connectivity index (χ4v) is 2.43. The van der Waals surface area contributed by atoms with E-state index in [0.717, 1.165) is 0 Å². The van der Waals surface area contributed by atoms with E-state index in [1.165, 1.54) is 12.1 Å². The minimum Gasteiger partial charge on any atom is -0.438 e. The van der Waals surface area contributed by atoms with Crippen LogP contribution in [0.5, 0.6) is 11.6 Å². The summed E-state index contributed by atoms with van der Waals surface area (Å²) in [4.78, 5) is 14.3. The molecule has 0 aliphatic carbocycles. The second-order valence-corrected chi connectivity index (χ2v) is 5.43. The van der Waals surface area contributed by atoms with Gasteiger partial charge in [0.05, 0.1) is 0 Å². The first-order valence-electron chi connectivity index (χ1n) is 7.17. The van der Waals surface area contributed by atoms with Crippen molar-refractivity contribution in [3.05, 3.63) is 63.0 Å². The predicted octanol–water partition coefficient (Wildman–Crippen LogP) is 2.60. The van der Waals surface area contributed by atoms with E-state index >= 15 is 0 Å². The van der Waals surface area contributed by atoms with Crippen LogP contribution < -0.4 is 16.0 Å². The van der Waals surface area contributed by atoms with Crippen molar-refractivity contribution in [2.75, 3.05) is 5.73 Å². The van der Waals surface area contributed by atoms with Crippen LogP contribution in [0.15, 0.2) is 41.2 Å². The number of benzene rings is 1. The SMILES string of the molecule is N#Cc1c(N)[nH]c(=O)c(C#N)c1-c1cccc(Oc2ccc(Cl)nn2)c1. The summed E-state index contributed by atoms with van der Waals surface area (Å²) in [5.74, 6) is 0.463. The minimum atomic E-state index is -0.672. The van der Waals surface area contributed by atoms with Gasteiger partial charge < -0.3 is 15.5 Å². The predicted molar refractivity (Wildman–Crippen MR) is 93.5 cm³/mol. The molecule has 0 bridgehead atoms. The second kappa shape index (κ2) is 6.93. The molecule has 8 nitrogen and oxygen atoms in total. The summed E-state index contributed by atoms with van der Waals surface area (Å²) in [5, 5.41) is 26.4. The van der Waals surface area contributed by atoms with Gasteiger partial charge in [-0.05, 0) is 23.8 Å². The van der Waals surface area contributed by atoms with Crippen LogP contribution in [0.25, 0.3) is 11.1 Å². The van der Waals surface area contributed by atoms with Crippen molar-refractivity contribution in [3.8, 4) is 34.9 Å². The first-order chi connectivity index (χ1) is 12.5. The summed E-state index contributed by atoms with van der Waals surface area (Å²) in [6, 6.07) is 13.3. The molecule has 0 saturated carbocycles. The number of hydrogen-bond acceptors (Lipinski definition) is 7. The van der Waals surface area contributed by atoms with E-state index in [1.54, 1.807) is 24.3 Å². The van der Waals surface area contributed by atoms with E-state index in [1.807, 2.05) is 12.1 Å². The molecule has 0 fully saturated rings. The number of H-pyrrole nitrogens is 1. The maximum absolute atomic E-state index is 12.0. The number of nitrogens with two attached hydrogens (primary N) is 1. The number of rotatable bonds is 3. The lowest BCUT2D eigenvalue weighted by molar-refractivity contribution is 0.455. The number of halogens is 1. The van der Waals surface area contributed by atoms with Crippen molar-refractivity contribution in [1.82, 2.24) is 15.2 Å². The monoisotopic (exact) mass is 364 g/mol. The molecule has 0 amide bonds. The molecule has 0 spiro atoms. The number of hydrogen-bond donors (Lipinski definition) is 2. The molecule has 126 valence electrons. The fraction of sp³-hybridized carbons (Fsp3) is 0. The van der Waals surface area contributed by atoms with Crippen LogP contribution in [-0.4, -0.2) is 15.2 Å². The van der Waals surface area contributed by atoms with Crippen LogP contribution in [0.4, 0.5) is 5.82 Å². The molecule has 0 atom stereocenters. The molecule has 3 aromatic rings. The normalized spacial score (nSPS) is 9.96. The zero-order chi connectivity index (χ0) is 18.7. The highest BCUT2D eigenvalue weighted by atomic mass is 35.5. The first-order valence-corrected chi connectivity index (χ1v) is 7.54. The van der Waals surface area contributed by atoms with E-state index in [-0.39, 0.29) is 33.5 Å². The first kappa shape index (κ1) is 17.0. The maximum Gasteiger partial charge on any atom is 0.268 e. The molecule has 1 aromatic carbocycles. The molecule has 26 heavy (non-hydrogen) atoms. The molecule has 3 rings (SSSR count). The quantitative estimate of drug-likeness (QED) is 0.727. The van der Waals surface area contributed by atoms with Crippen LogP contribution in [-0.2, 0) is 0 Å². The molecule has 9 heteroatoms. The largest absolute Gasteiger partial charge is 0.438 e. The standard InChI is InChI=1S/C17H9ClN6O2/c18-13-4-5-14(24-23-13)26-10-3-1-2-9(6-10)15-11(7-19)16(21)22-17(25)12(15)8-20/h1-6H,(H3,21,22,25). The zero-order valence-electron chi connectivity index (χ0n) is 13.0. The lowest BCUT2D eigenvalue weighted by Crippen LogP contribution is -2.16. The highest BCUT2D eigenvalue weighted by molar-refractivity contribution is 6.29. The lowest BCUT2D eigenvalue weighted by Gasteiger charge is -2.10. The van der Waals surface area contributed by atoms with Gasteiger partial charge in [-0.3, -0.25) is 4.79 Å². The van der Waals surface area contributed by atoms with Crippen LogP contribution in [0, 0.1) is 22.7 Å². The zero-order valence-corrected chi connectivity index (χ0v) is 13.8. The average molecular weight is 365 g/mol. The van der Waals surface area contributed by atoms with E-state index in [9.17, 15) is 15.3 Å². The van der Waals surface area contributed by atoms with Crippen molar-refractivity contribution < 1.29 is 4.74 Å². The molecule has 0 saturated heterocycles. The molecular weight excluding hydrogens is 356 g/mol. The average Bonchev–Trinajstić information content (AvgIpc) is 2.63. The van der Waals surface area contributed by atoms with E-state index in [4.69, 9.17) is 22.1 Å². The highest BCUT2D eigenvalue weighted by Gasteiger charge is 2.18. The van der Waals surface area contributed by atoms with Gasteiger partial charge in [0, 0.05) is 11.6 Å². The summed E-state index contributed by atoms with van der Waals surface area (Å²) in [6.07, 6.45) is 0. The van der Waals surface area contributed by atoms with Crippen molar-refractivity contribution >= 4 is 17.4 Å². The highest BCUT2D eigenvalue weighted by Crippen LogP contribution is 2.31. The molecule has 2 heterocycles. The van der Waals surface area contributed by atoms with Gasteiger partial charge in [0.15, 0.2) is 5.15 Å². The number of pyridine rings is 1. The molecule has 2 aromatic heterocycles. The van der Waals surface area contributed by atoms with Crippen molar-refractivity contribution in [1.29, 1.82) is 10.5 Å². The smallest absolute Gasteiger partial charge is 0.268 e. The number of ether oxygens (including phenoxy) is 1. The van der Waals surface area contributed by atoms with Crippen molar-refractivity contribution in [3.63, 3.8) is 0 Å². The summed E-state index contributed by atoms with van der Waals surface area (Å²) in [5.41, 5.74) is 5.41. The number of nitriles is 2. The van der Waals surface area contributed by atoms with E-state index in [2.05, 4.69) is 15.2 Å². The Hall–Kier alpha value is -3.88. The third kappa shape index (κ3) is 3.18. The van der Waals surface area contributed by atoms with Crippen LogP contribution in [0.3, 0.4) is 0 Å². The Morgan fingerprint density at radius 2 is 1.88 bits per heavy atom. The van der Waals surface area contributed by atoms with Gasteiger partial charge in [0.2, 0.25) is 5.88 Å². The molecule has 0 unspecified atom stereocenters. The Bertz CT molecular complexity index is 1130. The second-order valence-electron chi connectivity index (χ2n) is 5.04. The van der Waals surface area contributed by atoms with Crippen LogP contribution in [0.1, 0.15) is 11.1 Å². The third-order valence-corrected chi connectivity index (χ3v) is 3.62. The van der Waals surface area contributed by atoms with Gasteiger partial charge in [0.25, 0.3) is 5.56 Å². The van der Waals surface area contributed by atoms with Crippen molar-refractivity contribution in [2.45, 2.75) is 0 Å². The third-order valence-electron chi connectivity index (χ3n) is 3.42. The Kier molecular flexibility index (Phi) is 4.52. The number of aromatic nitrogens is 3. The van der Waals surface area contributed by atoms with Gasteiger partial charge in [-0.15, -0.1) is 10.2 Å². The molecule has 0 radical (unpaired) electrons. The fourth-order valence-electron chi connectivity index (χ4n) is 2.33. The van der Waals surface area contributed by atoms with Crippen LogP contribution in [0.2, 0.25) is 5.15 Å². The maximum atomic E-state index is 12.0. The molecule has 3 N–H and O–H groups in total. The topological polar surface area (TPSA) is 141 Å². The van der Waals surface area contributed by atoms with Gasteiger partial charge in [0.1, 0.15) is 34.8 Å². The number of nitrogens with one attached hydrogen (secondary N) is 1. The van der Waals surface area contributed by atoms with Crippen LogP contribution >= 0.6 is 11.6 Å². The van der Waals surface area contributed by atoms with E-state index in [0.29, 0.717) is 11.3 Å². The molecule has 0 aliphatic heterocycles. The van der Waals surface area contributed by atoms with Gasteiger partial charge in [-0.25, -0.2) is 0 Å². The Balaban J connectivity index is 2.12. The number of nitrogens with zero attached hydrogens (tertiary/aromatic N) is 4. The summed E-state index contributed by atoms with van der Waals surface area (Å²) in [6.45, 7) is 0. The van der Waals surface area contributed by atoms with E-state index < -0.39 is 5.56 Å². The van der Waals surface area contributed by atoms with Crippen molar-refractivity contribution in [2.24, 2.45) is 0 Å². The number of anilines is 1. The minimum absolute atomic E-state index is 0.00424. The molecule has 0 aliphatic rings. The number of aromatic amines is 1. The Morgan fingerprint density at radius 1 is 1.12 bits per heavy atom. The van der Waals surface area contributed by atoms with Gasteiger partial charge >= 0.3 is 0 Å². The Labute approximate surface area is 152 Å². The van der Waals surface area contributed by atoms with Gasteiger partial charge in [-0.2, -0.15) is 10.5 Å². The Morgan fingerprint density at radius 3 is 2.54 bits per heavy atom. The number of nitrogen functional groups attached to an aromatic ring is 1. The summed E-state index contributed by atoms with van der Waals surface area (Å²) >= 11 is 5.68. The molecular formula is C17H9ClN6O2.